The van der Waals surface area contributed by atoms with Gasteiger partial charge in [0.05, 0.1) is 6.04 Å². The molecule has 1 saturated carbocycles. The fourth-order valence-corrected chi connectivity index (χ4v) is 5.40. The summed E-state index contributed by atoms with van der Waals surface area (Å²) in [4.78, 5) is 34.3. The van der Waals surface area contributed by atoms with Gasteiger partial charge in [0.25, 0.3) is 5.56 Å². The molecule has 4 aromatic rings. The average Bonchev–Trinajstić information content (AvgIpc) is 3.33. The average molecular weight is 579 g/mol. The zero-order valence-corrected chi connectivity index (χ0v) is 23.9. The Hall–Kier alpha value is -4.14. The topological polar surface area (TPSA) is 126 Å². The Morgan fingerprint density at radius 1 is 1.07 bits per heavy atom. The SMILES string of the molecule is CCCCc1cc(CCCC)nc([C@@H]2CC[C@H]2c2nc3c(c(C#N)nn3[C@H](C)c3ccc(C(F)(F)F)nc3)c(=O)[nH]2)n1. The van der Waals surface area contributed by atoms with E-state index < -0.39 is 23.5 Å². The molecule has 4 aromatic heterocycles. The number of nitrogens with zero attached hydrogens (tertiary/aromatic N) is 7. The number of rotatable bonds is 10. The summed E-state index contributed by atoms with van der Waals surface area (Å²) >= 11 is 0. The van der Waals surface area contributed by atoms with Gasteiger partial charge in [-0.05, 0) is 63.1 Å². The Morgan fingerprint density at radius 2 is 1.74 bits per heavy atom. The zero-order valence-electron chi connectivity index (χ0n) is 23.9. The number of aryl methyl sites for hydroxylation is 2. The number of aromatic amines is 1. The van der Waals surface area contributed by atoms with Crippen molar-refractivity contribution in [2.75, 3.05) is 0 Å². The zero-order chi connectivity index (χ0) is 30.0. The number of hydrogen-bond donors (Lipinski definition) is 1. The largest absolute Gasteiger partial charge is 0.433 e. The Morgan fingerprint density at radius 3 is 2.26 bits per heavy atom. The summed E-state index contributed by atoms with van der Waals surface area (Å²) in [6, 6.07) is 5.63. The molecule has 3 atom stereocenters. The smallest absolute Gasteiger partial charge is 0.310 e. The van der Waals surface area contributed by atoms with Gasteiger partial charge in [-0.3, -0.25) is 9.78 Å². The van der Waals surface area contributed by atoms with Crippen LogP contribution in [0, 0.1) is 11.3 Å². The third-order valence-electron chi connectivity index (χ3n) is 7.99. The normalized spacial score (nSPS) is 17.6. The first-order chi connectivity index (χ1) is 20.1. The van der Waals surface area contributed by atoms with Crippen molar-refractivity contribution in [2.45, 2.75) is 96.2 Å². The molecule has 9 nitrogen and oxygen atoms in total. The number of fused-ring (bicyclic) bond motifs is 1. The van der Waals surface area contributed by atoms with Crippen molar-refractivity contribution in [3.63, 3.8) is 0 Å². The van der Waals surface area contributed by atoms with Crippen molar-refractivity contribution in [2.24, 2.45) is 0 Å². The lowest BCUT2D eigenvalue weighted by molar-refractivity contribution is -0.141. The quantitative estimate of drug-likeness (QED) is 0.239. The van der Waals surface area contributed by atoms with Gasteiger partial charge >= 0.3 is 6.18 Å². The van der Waals surface area contributed by atoms with E-state index in [1.165, 1.54) is 10.7 Å². The monoisotopic (exact) mass is 578 g/mol. The minimum atomic E-state index is -4.56. The molecule has 220 valence electrons. The first kappa shape index (κ1) is 29.4. The first-order valence-electron chi connectivity index (χ1n) is 14.5. The number of H-pyrrole nitrogens is 1. The summed E-state index contributed by atoms with van der Waals surface area (Å²) < 4.78 is 40.5. The van der Waals surface area contributed by atoms with E-state index in [0.717, 1.165) is 80.8 Å². The number of nitriles is 1. The van der Waals surface area contributed by atoms with Crippen molar-refractivity contribution in [1.82, 2.24) is 34.7 Å². The molecule has 1 aliphatic carbocycles. The maximum Gasteiger partial charge on any atom is 0.433 e. The summed E-state index contributed by atoms with van der Waals surface area (Å²) in [5, 5.41) is 14.1. The summed E-state index contributed by atoms with van der Waals surface area (Å²) in [6.07, 6.45) is 4.20. The molecule has 0 unspecified atom stereocenters. The third kappa shape index (κ3) is 5.78. The molecule has 0 aromatic carbocycles. The van der Waals surface area contributed by atoms with Crippen LogP contribution in [0.25, 0.3) is 11.0 Å². The number of pyridine rings is 1. The van der Waals surface area contributed by atoms with E-state index in [4.69, 9.17) is 15.0 Å². The molecule has 42 heavy (non-hydrogen) atoms. The minimum Gasteiger partial charge on any atom is -0.310 e. The van der Waals surface area contributed by atoms with Crippen LogP contribution in [0.15, 0.2) is 29.2 Å². The van der Waals surface area contributed by atoms with Crippen LogP contribution in [-0.2, 0) is 19.0 Å². The van der Waals surface area contributed by atoms with Gasteiger partial charge in [0.1, 0.15) is 28.8 Å². The third-order valence-corrected chi connectivity index (χ3v) is 7.99. The fraction of sp³-hybridized carbons (Fsp3) is 0.500. The van der Waals surface area contributed by atoms with Crippen molar-refractivity contribution >= 4 is 11.0 Å². The molecule has 5 rings (SSSR count). The van der Waals surface area contributed by atoms with E-state index in [2.05, 4.69) is 35.0 Å². The molecule has 0 radical (unpaired) electrons. The highest BCUT2D eigenvalue weighted by atomic mass is 19.4. The van der Waals surface area contributed by atoms with Crippen LogP contribution in [0.2, 0.25) is 0 Å². The Kier molecular flexibility index (Phi) is 8.38. The van der Waals surface area contributed by atoms with Gasteiger partial charge in [-0.15, -0.1) is 0 Å². The van der Waals surface area contributed by atoms with Crippen LogP contribution < -0.4 is 5.56 Å². The second kappa shape index (κ2) is 12.0. The van der Waals surface area contributed by atoms with E-state index >= 15 is 0 Å². The van der Waals surface area contributed by atoms with E-state index in [1.54, 1.807) is 6.92 Å². The summed E-state index contributed by atoms with van der Waals surface area (Å²) in [6.45, 7) is 6.01. The Balaban J connectivity index is 1.52. The Labute approximate surface area is 241 Å². The molecule has 1 N–H and O–H groups in total. The number of alkyl halides is 3. The van der Waals surface area contributed by atoms with Crippen molar-refractivity contribution in [3.05, 3.63) is 74.7 Å². The van der Waals surface area contributed by atoms with Crippen LogP contribution >= 0.6 is 0 Å². The molecule has 12 heteroatoms. The molecule has 1 fully saturated rings. The molecule has 1 aliphatic rings. The van der Waals surface area contributed by atoms with Gasteiger partial charge in [-0.2, -0.15) is 23.5 Å². The van der Waals surface area contributed by atoms with Gasteiger partial charge in [0.15, 0.2) is 11.3 Å². The van der Waals surface area contributed by atoms with Gasteiger partial charge in [0.2, 0.25) is 0 Å². The predicted molar refractivity (Wildman–Crippen MR) is 150 cm³/mol. The lowest BCUT2D eigenvalue weighted by Crippen LogP contribution is -2.28. The first-order valence-corrected chi connectivity index (χ1v) is 14.5. The van der Waals surface area contributed by atoms with Crippen molar-refractivity contribution in [1.29, 1.82) is 5.26 Å². The molecule has 0 bridgehead atoms. The number of hydrogen-bond acceptors (Lipinski definition) is 7. The predicted octanol–water partition coefficient (Wildman–Crippen LogP) is 6.15. The summed E-state index contributed by atoms with van der Waals surface area (Å²) in [5.41, 5.74) is 1.10. The van der Waals surface area contributed by atoms with E-state index in [-0.39, 0.29) is 28.6 Å². The molecule has 0 amide bonds. The van der Waals surface area contributed by atoms with E-state index in [9.17, 15) is 23.2 Å². The number of nitrogens with one attached hydrogen (secondary N) is 1. The van der Waals surface area contributed by atoms with Crippen LogP contribution in [0.3, 0.4) is 0 Å². The lowest BCUT2D eigenvalue weighted by Gasteiger charge is -2.35. The number of aromatic nitrogens is 7. The maximum absolute atomic E-state index is 13.3. The highest BCUT2D eigenvalue weighted by Crippen LogP contribution is 2.47. The highest BCUT2D eigenvalue weighted by molar-refractivity contribution is 5.80. The highest BCUT2D eigenvalue weighted by Gasteiger charge is 2.38. The van der Waals surface area contributed by atoms with Crippen molar-refractivity contribution < 1.29 is 13.2 Å². The van der Waals surface area contributed by atoms with Gasteiger partial charge < -0.3 is 4.98 Å². The van der Waals surface area contributed by atoms with Gasteiger partial charge in [-0.1, -0.05) is 32.8 Å². The molecular weight excluding hydrogens is 545 g/mol. The molecule has 0 aliphatic heterocycles. The molecular formula is C30H33F3N8O. The lowest BCUT2D eigenvalue weighted by atomic mass is 9.72. The summed E-state index contributed by atoms with van der Waals surface area (Å²) in [5.74, 6) is 1.09. The van der Waals surface area contributed by atoms with Gasteiger partial charge in [0, 0.05) is 29.4 Å². The van der Waals surface area contributed by atoms with Crippen LogP contribution in [0.4, 0.5) is 13.2 Å². The van der Waals surface area contributed by atoms with E-state index in [1.807, 2.05) is 6.07 Å². The minimum absolute atomic E-state index is 0.0177. The molecule has 4 heterocycles. The number of halogens is 3. The molecule has 0 saturated heterocycles. The summed E-state index contributed by atoms with van der Waals surface area (Å²) in [7, 11) is 0. The van der Waals surface area contributed by atoms with Crippen molar-refractivity contribution in [3.8, 4) is 6.07 Å². The second-order valence-electron chi connectivity index (χ2n) is 10.9. The Bertz CT molecular complexity index is 1640. The maximum atomic E-state index is 13.3. The van der Waals surface area contributed by atoms with Crippen LogP contribution in [-0.4, -0.2) is 34.7 Å². The van der Waals surface area contributed by atoms with Crippen LogP contribution in [0.5, 0.6) is 0 Å². The van der Waals surface area contributed by atoms with Crippen LogP contribution in [0.1, 0.15) is 117 Å². The molecule has 0 spiro atoms. The second-order valence-corrected chi connectivity index (χ2v) is 10.9. The fourth-order valence-electron chi connectivity index (χ4n) is 5.40. The number of unbranched alkanes of at least 4 members (excludes halogenated alkanes) is 2. The van der Waals surface area contributed by atoms with Gasteiger partial charge in [-0.25, -0.2) is 19.6 Å². The standard InChI is InChI=1S/C30H33F3N8O/c1-4-6-8-19-14-20(9-7-5-2)37-26(36-19)21-11-12-22(21)27-38-28-25(29(42)39-27)23(15-34)40-41(28)17(3)18-10-13-24(35-16-18)30(31,32)33/h10,13-14,16-17,21-22H,4-9,11-12H2,1-3H3,(H,38,39,42)/t17-,21-,22-/m1/s1. The van der Waals surface area contributed by atoms with E-state index in [0.29, 0.717) is 11.4 Å².